The van der Waals surface area contributed by atoms with Crippen LogP contribution in [0.2, 0.25) is 0 Å². The monoisotopic (exact) mass is 174 g/mol. The van der Waals surface area contributed by atoms with Gasteiger partial charge in [0, 0.05) is 0 Å². The third kappa shape index (κ3) is 2.07. The maximum Gasteiger partial charge on any atom is 0.187 e. The van der Waals surface area contributed by atoms with E-state index in [2.05, 4.69) is 0 Å². The second-order valence-corrected chi connectivity index (χ2v) is 3.00. The summed E-state index contributed by atoms with van der Waals surface area (Å²) in [5, 5.41) is 6.73. The third-order valence-electron chi connectivity index (χ3n) is 0.562. The Morgan fingerprint density at radius 1 is 1.62 bits per heavy atom. The molecule has 3 N–H and O–H groups in total. The fourth-order valence-electron chi connectivity index (χ4n) is 0.0720. The lowest BCUT2D eigenvalue weighted by molar-refractivity contribution is 1.14. The van der Waals surface area contributed by atoms with Crippen LogP contribution in [0.5, 0.6) is 0 Å². The molecule has 0 saturated carbocycles. The Bertz CT molecular complexity index is 101. The van der Waals surface area contributed by atoms with Crippen LogP contribution < -0.4 is 5.73 Å². The van der Waals surface area contributed by atoms with Gasteiger partial charge in [-0.1, -0.05) is 23.2 Å². The molecule has 0 aliphatic rings. The Kier molecular flexibility index (Phi) is 2.88. The van der Waals surface area contributed by atoms with Crippen molar-refractivity contribution in [1.29, 1.82) is 5.41 Å². The zero-order chi connectivity index (χ0) is 6.78. The number of hydrogen-bond donors (Lipinski definition) is 2. The number of rotatable bonds is 2. The highest BCUT2D eigenvalue weighted by atomic mass is 35.5. The molecule has 0 unspecified atom stereocenters. The third-order valence-corrected chi connectivity index (χ3v) is 1.91. The molecule has 0 spiro atoms. The van der Waals surface area contributed by atoms with Crippen LogP contribution in [0.1, 0.15) is 0 Å². The predicted octanol–water partition coefficient (Wildman–Crippen LogP) is 1.34. The summed E-state index contributed by atoms with van der Waals surface area (Å²) in [6.07, 6.45) is 0. The molecule has 0 aromatic carbocycles. The summed E-state index contributed by atoms with van der Waals surface area (Å²) >= 11 is 15.9. The van der Waals surface area contributed by atoms with Crippen LogP contribution in [-0.2, 0) is 0 Å². The van der Waals surface area contributed by atoms with E-state index >= 15 is 0 Å². The number of amidine groups is 1. The first-order valence-electron chi connectivity index (χ1n) is 1.79. The van der Waals surface area contributed by atoms with Gasteiger partial charge in [-0.15, -0.1) is 11.6 Å². The Morgan fingerprint density at radius 3 is 2.00 bits per heavy atom. The van der Waals surface area contributed by atoms with Crippen molar-refractivity contribution in [3.8, 4) is 0 Å². The van der Waals surface area contributed by atoms with Crippen LogP contribution in [-0.4, -0.2) is 16.0 Å². The summed E-state index contributed by atoms with van der Waals surface area (Å²) in [5.41, 5.74) is 4.92. The van der Waals surface area contributed by atoms with Crippen molar-refractivity contribution < 1.29 is 0 Å². The van der Waals surface area contributed by atoms with Crippen molar-refractivity contribution >= 4 is 40.6 Å². The molecule has 0 saturated heterocycles. The molecule has 48 valence electrons. The van der Waals surface area contributed by atoms with Gasteiger partial charge < -0.3 is 5.73 Å². The first kappa shape index (κ1) is 8.34. The van der Waals surface area contributed by atoms with E-state index in [4.69, 9.17) is 45.9 Å². The lowest BCUT2D eigenvalue weighted by atomic mass is 10.4. The minimum Gasteiger partial charge on any atom is -0.385 e. The molecule has 0 atom stereocenters. The molecule has 2 nitrogen and oxygen atoms in total. The van der Waals surface area contributed by atoms with Crippen LogP contribution in [0.4, 0.5) is 0 Å². The Morgan fingerprint density at radius 2 is 2.00 bits per heavy atom. The van der Waals surface area contributed by atoms with Crippen molar-refractivity contribution in [2.75, 3.05) is 5.88 Å². The highest BCUT2D eigenvalue weighted by molar-refractivity contribution is 6.60. The zero-order valence-electron chi connectivity index (χ0n) is 3.92. The van der Waals surface area contributed by atoms with Gasteiger partial charge >= 0.3 is 0 Å². The molecule has 0 amide bonds. The molecule has 0 bridgehead atoms. The summed E-state index contributed by atoms with van der Waals surface area (Å²) in [6.45, 7) is 0. The average Bonchev–Trinajstić information content (AvgIpc) is 1.67. The van der Waals surface area contributed by atoms with Crippen LogP contribution >= 0.6 is 34.8 Å². The minimum absolute atomic E-state index is 0.0640. The normalized spacial score (nSPS) is 11.4. The Balaban J connectivity index is 3.91. The van der Waals surface area contributed by atoms with Gasteiger partial charge in [-0.25, -0.2) is 0 Å². The molecule has 0 heterocycles. The second kappa shape index (κ2) is 2.76. The number of nitrogens with two attached hydrogens (primary N) is 1. The topological polar surface area (TPSA) is 49.9 Å². The number of hydrogen-bond acceptors (Lipinski definition) is 1. The van der Waals surface area contributed by atoms with Crippen molar-refractivity contribution in [2.24, 2.45) is 5.73 Å². The fraction of sp³-hybridized carbons (Fsp3) is 0.667. The van der Waals surface area contributed by atoms with Crippen molar-refractivity contribution in [2.45, 2.75) is 4.33 Å². The first-order valence-corrected chi connectivity index (χ1v) is 3.08. The van der Waals surface area contributed by atoms with Crippen molar-refractivity contribution in [1.82, 2.24) is 0 Å². The molecular weight excluding hydrogens is 170 g/mol. The Hall–Kier alpha value is 0.340. The summed E-state index contributed by atoms with van der Waals surface area (Å²) in [4.78, 5) is 0. The minimum atomic E-state index is -1.39. The van der Waals surface area contributed by atoms with E-state index in [0.29, 0.717) is 0 Å². The Labute approximate surface area is 62.4 Å². The van der Waals surface area contributed by atoms with Crippen LogP contribution in [0, 0.1) is 5.41 Å². The van der Waals surface area contributed by atoms with Crippen molar-refractivity contribution in [3.63, 3.8) is 0 Å². The van der Waals surface area contributed by atoms with Crippen LogP contribution in [0.25, 0.3) is 0 Å². The smallest absolute Gasteiger partial charge is 0.187 e. The van der Waals surface area contributed by atoms with Gasteiger partial charge in [0.15, 0.2) is 4.33 Å². The average molecular weight is 175 g/mol. The van der Waals surface area contributed by atoms with E-state index in [-0.39, 0.29) is 11.7 Å². The zero-order valence-corrected chi connectivity index (χ0v) is 6.19. The maximum absolute atomic E-state index is 6.73. The van der Waals surface area contributed by atoms with Gasteiger partial charge in [-0.05, 0) is 0 Å². The molecule has 0 aromatic rings. The molecule has 8 heavy (non-hydrogen) atoms. The molecular formula is C3H5Cl3N2. The molecule has 0 aliphatic carbocycles. The molecule has 5 heteroatoms. The van der Waals surface area contributed by atoms with Gasteiger partial charge in [-0.3, -0.25) is 5.41 Å². The molecule has 0 fully saturated rings. The SMILES string of the molecule is N=C(N)C(Cl)(Cl)CCl. The van der Waals surface area contributed by atoms with Crippen LogP contribution in [0.15, 0.2) is 0 Å². The van der Waals surface area contributed by atoms with E-state index < -0.39 is 4.33 Å². The lowest BCUT2D eigenvalue weighted by Gasteiger charge is -2.11. The highest BCUT2D eigenvalue weighted by Gasteiger charge is 2.26. The number of nitrogens with one attached hydrogen (secondary N) is 1. The molecule has 0 aromatic heterocycles. The lowest BCUT2D eigenvalue weighted by Crippen LogP contribution is -2.34. The number of alkyl halides is 3. The highest BCUT2D eigenvalue weighted by Crippen LogP contribution is 2.21. The van der Waals surface area contributed by atoms with Crippen LogP contribution in [0.3, 0.4) is 0 Å². The summed E-state index contributed by atoms with van der Waals surface area (Å²) in [5.74, 6) is -0.387. The van der Waals surface area contributed by atoms with E-state index in [0.717, 1.165) is 0 Å². The van der Waals surface area contributed by atoms with E-state index in [1.807, 2.05) is 0 Å². The van der Waals surface area contributed by atoms with E-state index in [1.165, 1.54) is 0 Å². The summed E-state index contributed by atoms with van der Waals surface area (Å²) in [6, 6.07) is 0. The standard InChI is InChI=1S/C3H5Cl3N2/c4-1-3(5,6)2(7)8/h1H2,(H3,7,8). The largest absolute Gasteiger partial charge is 0.385 e. The van der Waals surface area contributed by atoms with Gasteiger partial charge in [0.05, 0.1) is 5.88 Å². The van der Waals surface area contributed by atoms with E-state index in [9.17, 15) is 0 Å². The van der Waals surface area contributed by atoms with Gasteiger partial charge in [-0.2, -0.15) is 0 Å². The van der Waals surface area contributed by atoms with Gasteiger partial charge in [0.25, 0.3) is 0 Å². The molecule has 0 aliphatic heterocycles. The van der Waals surface area contributed by atoms with Gasteiger partial charge in [0.2, 0.25) is 0 Å². The molecule has 0 rings (SSSR count). The number of halogens is 3. The fourth-order valence-corrected chi connectivity index (χ4v) is 0.216. The summed E-state index contributed by atoms with van der Waals surface area (Å²) in [7, 11) is 0. The molecule has 0 radical (unpaired) electrons. The van der Waals surface area contributed by atoms with E-state index in [1.54, 1.807) is 0 Å². The summed E-state index contributed by atoms with van der Waals surface area (Å²) < 4.78 is -1.39. The van der Waals surface area contributed by atoms with Gasteiger partial charge in [0.1, 0.15) is 5.84 Å². The maximum atomic E-state index is 6.73. The van der Waals surface area contributed by atoms with Crippen molar-refractivity contribution in [3.05, 3.63) is 0 Å². The predicted molar refractivity (Wildman–Crippen MR) is 37.1 cm³/mol. The quantitative estimate of drug-likeness (QED) is 0.371. The second-order valence-electron chi connectivity index (χ2n) is 1.25. The first-order chi connectivity index (χ1) is 3.50.